The fraction of sp³-hybridized carbons (Fsp3) is 0.932. The smallest absolute Gasteiger partial charge is 0.349 e. The molecule has 1 unspecified atom stereocenters. The minimum absolute atomic E-state index is 0.0444. The van der Waals surface area contributed by atoms with E-state index >= 15 is 0 Å². The van der Waals surface area contributed by atoms with Crippen LogP contribution in [0.25, 0.3) is 0 Å². The van der Waals surface area contributed by atoms with Gasteiger partial charge in [0.05, 0.1) is 26.4 Å². The first-order valence-corrected chi connectivity index (χ1v) is 22.2. The van der Waals surface area contributed by atoms with Gasteiger partial charge in [0.25, 0.3) is 0 Å². The van der Waals surface area contributed by atoms with E-state index in [-0.39, 0.29) is 32.1 Å². The average Bonchev–Trinajstić information content (AvgIpc) is 3.14. The normalized spacial score (nSPS) is 11.8. The van der Waals surface area contributed by atoms with Crippen LogP contribution in [0.2, 0.25) is 0 Å². The molecule has 1 N–H and O–H groups in total. The summed E-state index contributed by atoms with van der Waals surface area (Å²) in [7, 11) is 1.59. The number of amides is 1. The minimum Gasteiger partial charge on any atom is -0.460 e. The lowest BCUT2D eigenvalue weighted by atomic mass is 10.0. The van der Waals surface area contributed by atoms with Crippen LogP contribution in [-0.4, -0.2) is 64.0 Å². The number of methoxy groups -OCH3 is 1. The first-order valence-electron chi connectivity index (χ1n) is 22.2. The van der Waals surface area contributed by atoms with E-state index in [1.807, 2.05) is 0 Å². The van der Waals surface area contributed by atoms with Gasteiger partial charge in [-0.05, 0) is 12.8 Å². The Morgan fingerprint density at radius 2 is 0.827 bits per heavy atom. The number of ether oxygens (including phenoxy) is 4. The highest BCUT2D eigenvalue weighted by Gasteiger charge is 2.25. The molecule has 1 amide bonds. The number of hydrogen-bond donors (Lipinski definition) is 1. The zero-order valence-corrected chi connectivity index (χ0v) is 34.6. The Morgan fingerprint density at radius 3 is 1.23 bits per heavy atom. The zero-order chi connectivity index (χ0) is 38.0. The van der Waals surface area contributed by atoms with E-state index in [0.29, 0.717) is 19.6 Å². The Balaban J connectivity index is 4.13. The predicted molar refractivity (Wildman–Crippen MR) is 216 cm³/mol. The van der Waals surface area contributed by atoms with Gasteiger partial charge in [0.2, 0.25) is 12.0 Å². The third-order valence-electron chi connectivity index (χ3n) is 9.92. The van der Waals surface area contributed by atoms with E-state index in [2.05, 4.69) is 19.2 Å². The van der Waals surface area contributed by atoms with Gasteiger partial charge in [0, 0.05) is 20.0 Å². The zero-order valence-electron chi connectivity index (χ0n) is 34.6. The molecule has 0 heterocycles. The summed E-state index contributed by atoms with van der Waals surface area (Å²) in [5.41, 5.74) is 0. The fourth-order valence-electron chi connectivity index (χ4n) is 6.52. The van der Waals surface area contributed by atoms with Crippen LogP contribution in [0.1, 0.15) is 219 Å². The van der Waals surface area contributed by atoms with Crippen LogP contribution in [0, 0.1) is 0 Å². The highest BCUT2D eigenvalue weighted by atomic mass is 16.6. The summed E-state index contributed by atoms with van der Waals surface area (Å²) in [6.07, 6.45) is 37.5. The Hall–Kier alpha value is -1.67. The summed E-state index contributed by atoms with van der Waals surface area (Å²) in [6.45, 7) is 5.58. The standard InChI is InChI=1S/C44H85NO7/c1-4-6-8-10-12-14-16-18-20-22-24-26-28-30-32-34-42(46)45-40-41(44(48)51-39-38-50-37-36-49-3)52-43(47)35-33-31-29-27-25-23-21-19-17-15-13-11-9-7-5-2/h41H,4-40H2,1-3H3,(H,45,46). The van der Waals surface area contributed by atoms with E-state index in [9.17, 15) is 14.4 Å². The maximum Gasteiger partial charge on any atom is 0.349 e. The summed E-state index contributed by atoms with van der Waals surface area (Å²) < 4.78 is 21.1. The van der Waals surface area contributed by atoms with Crippen molar-refractivity contribution in [2.45, 2.75) is 225 Å². The number of carbonyl (C=O) groups is 3. The van der Waals surface area contributed by atoms with Crippen molar-refractivity contribution in [2.75, 3.05) is 40.1 Å². The van der Waals surface area contributed by atoms with Gasteiger partial charge in [-0.15, -0.1) is 0 Å². The van der Waals surface area contributed by atoms with Crippen LogP contribution in [0.4, 0.5) is 0 Å². The Morgan fingerprint density at radius 1 is 0.462 bits per heavy atom. The van der Waals surface area contributed by atoms with Gasteiger partial charge < -0.3 is 24.3 Å². The number of esters is 2. The Kier molecular flexibility index (Phi) is 40.7. The molecule has 0 rings (SSSR count). The SMILES string of the molecule is CCCCCCCCCCCCCCCCCC(=O)NCC(OC(=O)CCCCCCCCCCCCCCCCC)C(=O)OCCOCCOC. The Bertz CT molecular complexity index is 778. The van der Waals surface area contributed by atoms with Gasteiger partial charge >= 0.3 is 11.9 Å². The van der Waals surface area contributed by atoms with Crippen LogP contribution < -0.4 is 5.32 Å². The van der Waals surface area contributed by atoms with Crippen LogP contribution >= 0.6 is 0 Å². The molecule has 0 saturated carbocycles. The van der Waals surface area contributed by atoms with Crippen molar-refractivity contribution in [3.63, 3.8) is 0 Å². The molecule has 0 aliphatic carbocycles. The van der Waals surface area contributed by atoms with Gasteiger partial charge in [-0.1, -0.05) is 194 Å². The maximum atomic E-state index is 12.8. The van der Waals surface area contributed by atoms with Gasteiger partial charge in [0.15, 0.2) is 0 Å². The van der Waals surface area contributed by atoms with Crippen LogP contribution in [0.15, 0.2) is 0 Å². The molecule has 52 heavy (non-hydrogen) atoms. The van der Waals surface area contributed by atoms with Crippen LogP contribution in [0.5, 0.6) is 0 Å². The van der Waals surface area contributed by atoms with Crippen molar-refractivity contribution >= 4 is 17.8 Å². The molecule has 0 aliphatic rings. The van der Waals surface area contributed by atoms with Gasteiger partial charge in [-0.3, -0.25) is 9.59 Å². The molecule has 0 fully saturated rings. The number of hydrogen-bond acceptors (Lipinski definition) is 7. The summed E-state index contributed by atoms with van der Waals surface area (Å²) in [4.78, 5) is 37.9. The van der Waals surface area contributed by atoms with Crippen LogP contribution in [0.3, 0.4) is 0 Å². The maximum absolute atomic E-state index is 12.8. The molecule has 0 spiro atoms. The fourth-order valence-corrected chi connectivity index (χ4v) is 6.52. The van der Waals surface area contributed by atoms with Crippen molar-refractivity contribution in [3.8, 4) is 0 Å². The second-order valence-electron chi connectivity index (χ2n) is 15.0. The van der Waals surface area contributed by atoms with Crippen molar-refractivity contribution in [1.82, 2.24) is 5.32 Å². The lowest BCUT2D eigenvalue weighted by molar-refractivity contribution is -0.168. The summed E-state index contributed by atoms with van der Waals surface area (Å²) in [5.74, 6) is -1.22. The van der Waals surface area contributed by atoms with Crippen molar-refractivity contribution in [1.29, 1.82) is 0 Å². The second kappa shape index (κ2) is 42.1. The quantitative estimate of drug-likeness (QED) is 0.0491. The number of nitrogens with one attached hydrogen (secondary N) is 1. The van der Waals surface area contributed by atoms with Gasteiger partial charge in [-0.2, -0.15) is 0 Å². The molecule has 0 aromatic heterocycles. The molecule has 8 nitrogen and oxygen atoms in total. The molecule has 308 valence electrons. The first-order chi connectivity index (χ1) is 25.5. The van der Waals surface area contributed by atoms with E-state index in [1.54, 1.807) is 7.11 Å². The van der Waals surface area contributed by atoms with Gasteiger partial charge in [-0.25, -0.2) is 4.79 Å². The summed E-state index contributed by atoms with van der Waals surface area (Å²) >= 11 is 0. The van der Waals surface area contributed by atoms with E-state index in [0.717, 1.165) is 38.5 Å². The van der Waals surface area contributed by atoms with Crippen molar-refractivity contribution < 1.29 is 33.3 Å². The molecule has 0 bridgehead atoms. The average molecular weight is 740 g/mol. The third-order valence-corrected chi connectivity index (χ3v) is 9.92. The highest BCUT2D eigenvalue weighted by Crippen LogP contribution is 2.15. The number of carbonyl (C=O) groups excluding carboxylic acids is 3. The van der Waals surface area contributed by atoms with Crippen molar-refractivity contribution in [2.24, 2.45) is 0 Å². The molecule has 0 aromatic rings. The molecular weight excluding hydrogens is 654 g/mol. The molecule has 1 atom stereocenters. The lowest BCUT2D eigenvalue weighted by Gasteiger charge is -2.18. The monoisotopic (exact) mass is 740 g/mol. The molecule has 0 aromatic carbocycles. The molecule has 0 saturated heterocycles. The number of unbranched alkanes of at least 4 members (excludes halogenated alkanes) is 28. The predicted octanol–water partition coefficient (Wildman–Crippen LogP) is 11.7. The molecule has 0 aliphatic heterocycles. The van der Waals surface area contributed by atoms with Gasteiger partial charge in [0.1, 0.15) is 6.61 Å². The third kappa shape index (κ3) is 38.1. The topological polar surface area (TPSA) is 100 Å². The Labute approximate surface area is 321 Å². The first kappa shape index (κ1) is 50.3. The second-order valence-corrected chi connectivity index (χ2v) is 15.0. The number of rotatable bonds is 42. The van der Waals surface area contributed by atoms with E-state index in [1.165, 1.54) is 154 Å². The molecule has 8 heteroatoms. The van der Waals surface area contributed by atoms with Crippen LogP contribution in [-0.2, 0) is 33.3 Å². The largest absolute Gasteiger partial charge is 0.460 e. The molecule has 0 radical (unpaired) electrons. The lowest BCUT2D eigenvalue weighted by Crippen LogP contribution is -2.41. The molecular formula is C44H85NO7. The summed E-state index contributed by atoms with van der Waals surface area (Å²) in [5, 5.41) is 2.79. The highest BCUT2D eigenvalue weighted by molar-refractivity contribution is 5.81. The van der Waals surface area contributed by atoms with Crippen molar-refractivity contribution in [3.05, 3.63) is 0 Å². The van der Waals surface area contributed by atoms with E-state index in [4.69, 9.17) is 18.9 Å². The summed E-state index contributed by atoms with van der Waals surface area (Å²) in [6, 6.07) is 0. The minimum atomic E-state index is -1.16. The van der Waals surface area contributed by atoms with E-state index < -0.39 is 18.0 Å².